The number of nitrogens with zero attached hydrogens (tertiary/aromatic N) is 2. The number of pyridine rings is 1. The second kappa shape index (κ2) is 6.21. The molecule has 0 aliphatic rings. The van der Waals surface area contributed by atoms with E-state index >= 15 is 0 Å². The molecule has 0 aliphatic carbocycles. The van der Waals surface area contributed by atoms with Crippen molar-refractivity contribution in [2.45, 2.75) is 19.9 Å². The zero-order valence-electron chi connectivity index (χ0n) is 10.7. The molecule has 0 aliphatic heterocycles. The molecule has 4 heteroatoms. The van der Waals surface area contributed by atoms with Crippen molar-refractivity contribution >= 4 is 17.3 Å². The van der Waals surface area contributed by atoms with Gasteiger partial charge in [0, 0.05) is 11.9 Å². The third kappa shape index (κ3) is 3.24. The van der Waals surface area contributed by atoms with Crippen molar-refractivity contribution in [3.8, 4) is 6.07 Å². The van der Waals surface area contributed by atoms with E-state index in [0.717, 1.165) is 17.8 Å². The molecule has 0 saturated heterocycles. The Morgan fingerprint density at radius 3 is 2.89 bits per heavy atom. The maximum absolute atomic E-state index is 8.82. The zero-order chi connectivity index (χ0) is 13.7. The number of anilines is 1. The first kappa shape index (κ1) is 13.4. The van der Waals surface area contributed by atoms with Crippen LogP contribution >= 0.6 is 11.6 Å². The van der Waals surface area contributed by atoms with Crippen LogP contribution in [-0.2, 0) is 13.0 Å². The van der Waals surface area contributed by atoms with Crippen molar-refractivity contribution in [1.29, 1.82) is 5.26 Å². The molecule has 0 spiro atoms. The SMILES string of the molecule is CCc1cccnc1CNc1ccc(C#N)c(Cl)c1. The van der Waals surface area contributed by atoms with Crippen molar-refractivity contribution < 1.29 is 0 Å². The van der Waals surface area contributed by atoms with Gasteiger partial charge in [-0.05, 0) is 36.2 Å². The Morgan fingerprint density at radius 1 is 1.37 bits per heavy atom. The van der Waals surface area contributed by atoms with E-state index in [1.165, 1.54) is 5.56 Å². The summed E-state index contributed by atoms with van der Waals surface area (Å²) >= 11 is 5.99. The van der Waals surface area contributed by atoms with Gasteiger partial charge in [-0.2, -0.15) is 5.26 Å². The molecule has 2 rings (SSSR count). The molecule has 96 valence electrons. The van der Waals surface area contributed by atoms with Crippen molar-refractivity contribution in [2.24, 2.45) is 0 Å². The predicted octanol–water partition coefficient (Wildman–Crippen LogP) is 3.78. The van der Waals surface area contributed by atoms with Crippen molar-refractivity contribution in [3.05, 3.63) is 58.4 Å². The van der Waals surface area contributed by atoms with E-state index < -0.39 is 0 Å². The number of hydrogen-bond acceptors (Lipinski definition) is 3. The van der Waals surface area contributed by atoms with Gasteiger partial charge in [0.1, 0.15) is 6.07 Å². The summed E-state index contributed by atoms with van der Waals surface area (Å²) in [5, 5.41) is 12.6. The Morgan fingerprint density at radius 2 is 2.21 bits per heavy atom. The van der Waals surface area contributed by atoms with Crippen molar-refractivity contribution in [1.82, 2.24) is 4.98 Å². The van der Waals surface area contributed by atoms with E-state index in [-0.39, 0.29) is 0 Å². The highest BCUT2D eigenvalue weighted by Gasteiger charge is 2.03. The summed E-state index contributed by atoms with van der Waals surface area (Å²) in [6, 6.07) is 11.4. The summed E-state index contributed by atoms with van der Waals surface area (Å²) in [5.74, 6) is 0. The highest BCUT2D eigenvalue weighted by atomic mass is 35.5. The summed E-state index contributed by atoms with van der Waals surface area (Å²) in [4.78, 5) is 4.37. The molecule has 1 heterocycles. The maximum atomic E-state index is 8.82. The lowest BCUT2D eigenvalue weighted by molar-refractivity contribution is 0.972. The van der Waals surface area contributed by atoms with Gasteiger partial charge in [-0.15, -0.1) is 0 Å². The highest BCUT2D eigenvalue weighted by molar-refractivity contribution is 6.32. The summed E-state index contributed by atoms with van der Waals surface area (Å²) in [5.41, 5.74) is 3.64. The molecule has 19 heavy (non-hydrogen) atoms. The van der Waals surface area contributed by atoms with Gasteiger partial charge < -0.3 is 5.32 Å². The van der Waals surface area contributed by atoms with Crippen LogP contribution in [0.4, 0.5) is 5.69 Å². The van der Waals surface area contributed by atoms with E-state index in [2.05, 4.69) is 23.3 Å². The largest absolute Gasteiger partial charge is 0.379 e. The van der Waals surface area contributed by atoms with Crippen LogP contribution in [0.5, 0.6) is 0 Å². The van der Waals surface area contributed by atoms with Crippen LogP contribution in [0, 0.1) is 11.3 Å². The molecule has 2 aromatic rings. The molecule has 1 aromatic carbocycles. The summed E-state index contributed by atoms with van der Waals surface area (Å²) in [6.07, 6.45) is 2.75. The van der Waals surface area contributed by atoms with Gasteiger partial charge in [0.25, 0.3) is 0 Å². The van der Waals surface area contributed by atoms with Gasteiger partial charge in [0.2, 0.25) is 0 Å². The van der Waals surface area contributed by atoms with E-state index in [0.29, 0.717) is 17.1 Å². The number of aromatic nitrogens is 1. The minimum Gasteiger partial charge on any atom is -0.379 e. The maximum Gasteiger partial charge on any atom is 0.101 e. The molecule has 0 saturated carbocycles. The zero-order valence-corrected chi connectivity index (χ0v) is 11.4. The molecule has 0 unspecified atom stereocenters. The van der Waals surface area contributed by atoms with Crippen LogP contribution in [0.15, 0.2) is 36.5 Å². The van der Waals surface area contributed by atoms with Crippen LogP contribution in [0.1, 0.15) is 23.7 Å². The Bertz CT molecular complexity index is 617. The monoisotopic (exact) mass is 271 g/mol. The summed E-state index contributed by atoms with van der Waals surface area (Å²) in [7, 11) is 0. The number of nitriles is 1. The lowest BCUT2D eigenvalue weighted by Gasteiger charge is -2.09. The van der Waals surface area contributed by atoms with Gasteiger partial charge in [0.15, 0.2) is 0 Å². The molecule has 0 amide bonds. The van der Waals surface area contributed by atoms with Crippen LogP contribution in [0.25, 0.3) is 0 Å². The van der Waals surface area contributed by atoms with Crippen molar-refractivity contribution in [3.63, 3.8) is 0 Å². The predicted molar refractivity (Wildman–Crippen MR) is 77.1 cm³/mol. The number of hydrogen-bond donors (Lipinski definition) is 1. The fourth-order valence-electron chi connectivity index (χ4n) is 1.85. The number of rotatable bonds is 4. The molecule has 0 radical (unpaired) electrons. The van der Waals surface area contributed by atoms with Crippen LogP contribution in [0.2, 0.25) is 5.02 Å². The van der Waals surface area contributed by atoms with E-state index in [9.17, 15) is 0 Å². The Balaban J connectivity index is 2.11. The lowest BCUT2D eigenvalue weighted by atomic mass is 10.1. The number of nitrogens with one attached hydrogen (secondary N) is 1. The second-order valence-electron chi connectivity index (χ2n) is 4.12. The Kier molecular flexibility index (Phi) is 4.38. The minimum absolute atomic E-state index is 0.462. The fraction of sp³-hybridized carbons (Fsp3) is 0.200. The molecule has 0 atom stereocenters. The molecule has 0 bridgehead atoms. The molecule has 1 N–H and O–H groups in total. The van der Waals surface area contributed by atoms with Gasteiger partial charge in [-0.25, -0.2) is 0 Å². The van der Waals surface area contributed by atoms with Crippen LogP contribution in [-0.4, -0.2) is 4.98 Å². The average molecular weight is 272 g/mol. The highest BCUT2D eigenvalue weighted by Crippen LogP contribution is 2.20. The average Bonchev–Trinajstić information content (AvgIpc) is 2.45. The molecule has 0 fully saturated rings. The van der Waals surface area contributed by atoms with Gasteiger partial charge in [0.05, 0.1) is 22.8 Å². The first-order valence-corrected chi connectivity index (χ1v) is 6.48. The molecule has 1 aromatic heterocycles. The van der Waals surface area contributed by atoms with Crippen LogP contribution in [0.3, 0.4) is 0 Å². The van der Waals surface area contributed by atoms with Crippen molar-refractivity contribution in [2.75, 3.05) is 5.32 Å². The fourth-order valence-corrected chi connectivity index (χ4v) is 2.08. The molecular weight excluding hydrogens is 258 g/mol. The Hall–Kier alpha value is -2.05. The number of halogens is 1. The normalized spacial score (nSPS) is 9.95. The summed E-state index contributed by atoms with van der Waals surface area (Å²) < 4.78 is 0. The molecular formula is C15H14ClN3. The molecule has 3 nitrogen and oxygen atoms in total. The van der Waals surface area contributed by atoms with Gasteiger partial charge in [-0.1, -0.05) is 24.6 Å². The van der Waals surface area contributed by atoms with Crippen LogP contribution < -0.4 is 5.32 Å². The van der Waals surface area contributed by atoms with Gasteiger partial charge >= 0.3 is 0 Å². The van der Waals surface area contributed by atoms with E-state index in [1.54, 1.807) is 18.3 Å². The number of aryl methyl sites for hydroxylation is 1. The number of benzene rings is 1. The first-order chi connectivity index (χ1) is 9.24. The summed E-state index contributed by atoms with van der Waals surface area (Å²) in [6.45, 7) is 2.76. The standard InChI is InChI=1S/C15H14ClN3/c1-2-11-4-3-7-18-15(11)10-19-13-6-5-12(9-17)14(16)8-13/h3-8,19H,2,10H2,1H3. The third-order valence-corrected chi connectivity index (χ3v) is 3.23. The second-order valence-corrected chi connectivity index (χ2v) is 4.53. The topological polar surface area (TPSA) is 48.7 Å². The van der Waals surface area contributed by atoms with E-state index in [1.807, 2.05) is 18.2 Å². The third-order valence-electron chi connectivity index (χ3n) is 2.91. The Labute approximate surface area is 117 Å². The lowest BCUT2D eigenvalue weighted by Crippen LogP contribution is -2.04. The smallest absolute Gasteiger partial charge is 0.101 e. The van der Waals surface area contributed by atoms with Gasteiger partial charge in [-0.3, -0.25) is 4.98 Å². The van der Waals surface area contributed by atoms with E-state index in [4.69, 9.17) is 16.9 Å². The first-order valence-electron chi connectivity index (χ1n) is 6.11. The minimum atomic E-state index is 0.462. The quantitative estimate of drug-likeness (QED) is 0.921.